The summed E-state index contributed by atoms with van der Waals surface area (Å²) in [7, 11) is 0. The van der Waals surface area contributed by atoms with Crippen LogP contribution in [0.1, 0.15) is 12.8 Å². The van der Waals surface area contributed by atoms with Crippen molar-refractivity contribution < 1.29 is 5.73 Å². The lowest BCUT2D eigenvalue weighted by Gasteiger charge is -2.06. The van der Waals surface area contributed by atoms with Crippen molar-refractivity contribution >= 4 is 21.8 Å². The second-order valence-corrected chi connectivity index (χ2v) is 4.75. The molecule has 0 aliphatic rings. The van der Waals surface area contributed by atoms with Crippen molar-refractivity contribution in [2.45, 2.75) is 19.4 Å². The number of para-hydroxylation sites is 2. The van der Waals surface area contributed by atoms with E-state index in [-0.39, 0.29) is 0 Å². The Morgan fingerprint density at radius 2 is 1.33 bits per heavy atom. The minimum Gasteiger partial charge on any atom is -0.358 e. The topological polar surface area (TPSA) is 32.6 Å². The Balaban J connectivity index is 2.18. The van der Waals surface area contributed by atoms with E-state index in [1.54, 1.807) is 0 Å². The van der Waals surface area contributed by atoms with Crippen LogP contribution in [0, 0.1) is 0 Å². The molecule has 0 spiro atoms. The molecule has 0 fully saturated rings. The van der Waals surface area contributed by atoms with Crippen molar-refractivity contribution in [2.75, 3.05) is 6.54 Å². The molecule has 0 aliphatic heterocycles. The first-order valence-electron chi connectivity index (χ1n) is 6.67. The molecule has 2 nitrogen and oxygen atoms in total. The van der Waals surface area contributed by atoms with E-state index in [1.807, 2.05) is 0 Å². The number of aryl methyl sites for hydroxylation is 1. The van der Waals surface area contributed by atoms with Crippen LogP contribution in [0.2, 0.25) is 0 Å². The average molecular weight is 239 g/mol. The molecule has 0 saturated carbocycles. The van der Waals surface area contributed by atoms with E-state index in [9.17, 15) is 0 Å². The molecule has 0 bridgehead atoms. The molecular weight excluding hydrogens is 220 g/mol. The standard InChI is InChI=1S/C16H18N2/c17-11-5-6-12-18-15-9-3-1-7-13(15)14-8-2-4-10-16(14)18/h1-4,7-10H,5-6,11-12,17H2/p+1. The summed E-state index contributed by atoms with van der Waals surface area (Å²) in [6, 6.07) is 17.4. The summed E-state index contributed by atoms with van der Waals surface area (Å²) in [5.41, 5.74) is 6.62. The molecule has 3 rings (SSSR count). The third-order valence-corrected chi connectivity index (χ3v) is 3.56. The van der Waals surface area contributed by atoms with E-state index >= 15 is 0 Å². The molecule has 1 heterocycles. The van der Waals surface area contributed by atoms with Crippen LogP contribution in [-0.4, -0.2) is 11.1 Å². The van der Waals surface area contributed by atoms with Gasteiger partial charge in [0.05, 0.1) is 6.54 Å². The highest BCUT2D eigenvalue weighted by Crippen LogP contribution is 2.28. The maximum atomic E-state index is 3.92. The minimum atomic E-state index is 1.02. The number of benzene rings is 2. The third kappa shape index (κ3) is 1.79. The SMILES string of the molecule is [NH3+]CCCCn1c2ccccc2c2ccccc21. The molecular formula is C16H19N2+. The predicted octanol–water partition coefficient (Wildman–Crippen LogP) is 2.82. The second-order valence-electron chi connectivity index (χ2n) is 4.75. The van der Waals surface area contributed by atoms with Crippen molar-refractivity contribution in [3.8, 4) is 0 Å². The Bertz CT molecular complexity index is 614. The van der Waals surface area contributed by atoms with Gasteiger partial charge in [-0.15, -0.1) is 0 Å². The summed E-state index contributed by atoms with van der Waals surface area (Å²) in [5, 5.41) is 2.73. The fourth-order valence-corrected chi connectivity index (χ4v) is 2.69. The van der Waals surface area contributed by atoms with Gasteiger partial charge < -0.3 is 10.3 Å². The quantitative estimate of drug-likeness (QED) is 0.679. The number of fused-ring (bicyclic) bond motifs is 3. The van der Waals surface area contributed by atoms with Crippen LogP contribution in [0.5, 0.6) is 0 Å². The van der Waals surface area contributed by atoms with Gasteiger partial charge in [0.1, 0.15) is 0 Å². The van der Waals surface area contributed by atoms with Gasteiger partial charge in [0.2, 0.25) is 0 Å². The minimum absolute atomic E-state index is 1.02. The molecule has 2 aromatic carbocycles. The van der Waals surface area contributed by atoms with Gasteiger partial charge in [-0.2, -0.15) is 0 Å². The van der Waals surface area contributed by atoms with E-state index in [4.69, 9.17) is 0 Å². The Kier molecular flexibility index (Phi) is 3.03. The van der Waals surface area contributed by atoms with Gasteiger partial charge in [-0.1, -0.05) is 36.4 Å². The zero-order valence-electron chi connectivity index (χ0n) is 10.6. The molecule has 2 heteroatoms. The monoisotopic (exact) mass is 239 g/mol. The molecule has 3 aromatic rings. The van der Waals surface area contributed by atoms with E-state index < -0.39 is 0 Å². The van der Waals surface area contributed by atoms with Crippen LogP contribution in [0.25, 0.3) is 21.8 Å². The first kappa shape index (κ1) is 11.3. The van der Waals surface area contributed by atoms with Crippen molar-refractivity contribution in [2.24, 2.45) is 0 Å². The molecule has 3 N–H and O–H groups in total. The number of aromatic nitrogens is 1. The normalized spacial score (nSPS) is 11.4. The van der Waals surface area contributed by atoms with Gasteiger partial charge in [0, 0.05) is 28.4 Å². The number of nitrogens with zero attached hydrogens (tertiary/aromatic N) is 1. The highest BCUT2D eigenvalue weighted by atomic mass is 15.0. The van der Waals surface area contributed by atoms with Gasteiger partial charge in [0.25, 0.3) is 0 Å². The zero-order chi connectivity index (χ0) is 12.4. The smallest absolute Gasteiger partial charge is 0.0740 e. The molecule has 92 valence electrons. The third-order valence-electron chi connectivity index (χ3n) is 3.56. The van der Waals surface area contributed by atoms with Gasteiger partial charge in [-0.25, -0.2) is 0 Å². The predicted molar refractivity (Wildman–Crippen MR) is 76.4 cm³/mol. The van der Waals surface area contributed by atoms with Crippen molar-refractivity contribution in [1.82, 2.24) is 4.57 Å². The lowest BCUT2D eigenvalue weighted by atomic mass is 10.2. The van der Waals surface area contributed by atoms with Gasteiger partial charge in [-0.05, 0) is 25.0 Å². The highest BCUT2D eigenvalue weighted by Gasteiger charge is 2.08. The first-order chi connectivity index (χ1) is 8.92. The lowest BCUT2D eigenvalue weighted by molar-refractivity contribution is -0.368. The highest BCUT2D eigenvalue weighted by molar-refractivity contribution is 6.07. The second kappa shape index (κ2) is 4.83. The number of hydrogen-bond acceptors (Lipinski definition) is 0. The summed E-state index contributed by atoms with van der Waals surface area (Å²) < 4.78 is 2.44. The summed E-state index contributed by atoms with van der Waals surface area (Å²) >= 11 is 0. The first-order valence-corrected chi connectivity index (χ1v) is 6.67. The van der Waals surface area contributed by atoms with Crippen LogP contribution in [0.15, 0.2) is 48.5 Å². The fraction of sp³-hybridized carbons (Fsp3) is 0.250. The Labute approximate surface area is 107 Å². The van der Waals surface area contributed by atoms with E-state index in [0.717, 1.165) is 13.1 Å². The Hall–Kier alpha value is -1.80. The number of rotatable bonds is 4. The molecule has 0 aliphatic carbocycles. The zero-order valence-corrected chi connectivity index (χ0v) is 10.6. The molecule has 0 unspecified atom stereocenters. The maximum Gasteiger partial charge on any atom is 0.0740 e. The van der Waals surface area contributed by atoms with E-state index in [1.165, 1.54) is 34.6 Å². The molecule has 1 aromatic heterocycles. The summed E-state index contributed by atoms with van der Waals surface area (Å²) in [5.74, 6) is 0. The average Bonchev–Trinajstić information content (AvgIpc) is 2.74. The van der Waals surface area contributed by atoms with Crippen molar-refractivity contribution in [1.29, 1.82) is 0 Å². The largest absolute Gasteiger partial charge is 0.358 e. The van der Waals surface area contributed by atoms with Crippen molar-refractivity contribution in [3.63, 3.8) is 0 Å². The van der Waals surface area contributed by atoms with Gasteiger partial charge >= 0.3 is 0 Å². The molecule has 0 radical (unpaired) electrons. The molecule has 0 atom stereocenters. The lowest BCUT2D eigenvalue weighted by Crippen LogP contribution is -2.50. The molecule has 18 heavy (non-hydrogen) atoms. The van der Waals surface area contributed by atoms with Crippen LogP contribution < -0.4 is 5.73 Å². The summed E-state index contributed by atoms with van der Waals surface area (Å²) in [4.78, 5) is 0. The van der Waals surface area contributed by atoms with Gasteiger partial charge in [0.15, 0.2) is 0 Å². The van der Waals surface area contributed by atoms with Crippen LogP contribution in [0.3, 0.4) is 0 Å². The Morgan fingerprint density at radius 1 is 0.778 bits per heavy atom. The van der Waals surface area contributed by atoms with Gasteiger partial charge in [-0.3, -0.25) is 0 Å². The maximum absolute atomic E-state index is 3.92. The number of quaternary nitrogens is 1. The Morgan fingerprint density at radius 3 is 1.89 bits per heavy atom. The molecule has 0 saturated heterocycles. The van der Waals surface area contributed by atoms with Crippen LogP contribution in [-0.2, 0) is 6.54 Å². The fourth-order valence-electron chi connectivity index (χ4n) is 2.69. The van der Waals surface area contributed by atoms with E-state index in [2.05, 4.69) is 58.8 Å². The van der Waals surface area contributed by atoms with Crippen LogP contribution in [0.4, 0.5) is 0 Å². The van der Waals surface area contributed by atoms with Crippen molar-refractivity contribution in [3.05, 3.63) is 48.5 Å². The molecule has 0 amide bonds. The number of unbranched alkanes of at least 4 members (excludes halogenated alkanes) is 1. The number of hydrogen-bond donors (Lipinski definition) is 1. The summed E-state index contributed by atoms with van der Waals surface area (Å²) in [6.45, 7) is 2.11. The summed E-state index contributed by atoms with van der Waals surface area (Å²) in [6.07, 6.45) is 2.40. The van der Waals surface area contributed by atoms with Crippen LogP contribution >= 0.6 is 0 Å². The van der Waals surface area contributed by atoms with E-state index in [0.29, 0.717) is 0 Å².